The number of nitrogens with zero attached hydrogens (tertiary/aromatic N) is 4. The van der Waals surface area contributed by atoms with Crippen LogP contribution in [0, 0.1) is 6.92 Å². The molecule has 0 atom stereocenters. The number of aryl methyl sites for hydroxylation is 1. The number of carbonyl (C=O) groups excluding carboxylic acids is 1. The van der Waals surface area contributed by atoms with Crippen LogP contribution in [-0.4, -0.2) is 26.5 Å². The lowest BCUT2D eigenvalue weighted by molar-refractivity contribution is 0.0951. The Balaban J connectivity index is 1.71. The van der Waals surface area contributed by atoms with Crippen molar-refractivity contribution in [3.05, 3.63) is 65.9 Å². The molecule has 21 heavy (non-hydrogen) atoms. The Bertz CT molecular complexity index is 789. The molecule has 0 bridgehead atoms. The minimum absolute atomic E-state index is 0.296. The van der Waals surface area contributed by atoms with Gasteiger partial charge in [-0.2, -0.15) is 5.10 Å². The van der Waals surface area contributed by atoms with Gasteiger partial charge in [0.2, 0.25) is 0 Å². The van der Waals surface area contributed by atoms with E-state index in [1.54, 1.807) is 35.4 Å². The number of fused-ring (bicyclic) bond motifs is 1. The number of nitrogens with one attached hydrogen (secondary N) is 1. The second-order valence-electron chi connectivity index (χ2n) is 4.58. The van der Waals surface area contributed by atoms with Gasteiger partial charge in [0, 0.05) is 18.6 Å². The van der Waals surface area contributed by atoms with Crippen LogP contribution in [0.4, 0.5) is 0 Å². The van der Waals surface area contributed by atoms with Crippen LogP contribution < -0.4 is 5.43 Å². The van der Waals surface area contributed by atoms with Gasteiger partial charge in [0.25, 0.3) is 5.91 Å². The molecule has 0 unspecified atom stereocenters. The molecule has 0 saturated heterocycles. The van der Waals surface area contributed by atoms with E-state index in [0.29, 0.717) is 11.3 Å². The lowest BCUT2D eigenvalue weighted by atomic mass is 10.2. The highest BCUT2D eigenvalue weighted by Gasteiger charge is 2.09. The van der Waals surface area contributed by atoms with E-state index in [0.717, 1.165) is 11.1 Å². The van der Waals surface area contributed by atoms with E-state index in [2.05, 4.69) is 20.5 Å². The van der Waals surface area contributed by atoms with Crippen molar-refractivity contribution in [2.45, 2.75) is 6.92 Å². The molecule has 2 aromatic heterocycles. The number of hydrogen-bond acceptors (Lipinski definition) is 4. The third kappa shape index (κ3) is 2.94. The highest BCUT2D eigenvalue weighted by Crippen LogP contribution is 2.03. The van der Waals surface area contributed by atoms with Crippen LogP contribution >= 0.6 is 0 Å². The van der Waals surface area contributed by atoms with Gasteiger partial charge in [-0.15, -0.1) is 0 Å². The average molecular weight is 279 g/mol. The maximum absolute atomic E-state index is 12.0. The zero-order valence-electron chi connectivity index (χ0n) is 11.4. The highest BCUT2D eigenvalue weighted by atomic mass is 16.2. The maximum atomic E-state index is 12.0. The van der Waals surface area contributed by atoms with Crippen molar-refractivity contribution in [1.82, 2.24) is 19.8 Å². The number of amides is 1. The summed E-state index contributed by atoms with van der Waals surface area (Å²) in [6.45, 7) is 2.00. The second kappa shape index (κ2) is 5.54. The number of aromatic nitrogens is 3. The Morgan fingerprint density at radius 1 is 1.43 bits per heavy atom. The SMILES string of the molecule is Cc1cccc(/C=N\NC(=O)c2cn3ccncc3n2)c1. The second-order valence-corrected chi connectivity index (χ2v) is 4.58. The number of hydrazone groups is 1. The summed E-state index contributed by atoms with van der Waals surface area (Å²) in [6.07, 6.45) is 8.19. The van der Waals surface area contributed by atoms with E-state index in [9.17, 15) is 4.79 Å². The van der Waals surface area contributed by atoms with E-state index in [-0.39, 0.29) is 5.91 Å². The molecular weight excluding hydrogens is 266 g/mol. The first-order valence-corrected chi connectivity index (χ1v) is 6.41. The molecule has 3 rings (SSSR count). The van der Waals surface area contributed by atoms with Gasteiger partial charge in [-0.25, -0.2) is 10.4 Å². The van der Waals surface area contributed by atoms with Crippen molar-refractivity contribution in [3.63, 3.8) is 0 Å². The van der Waals surface area contributed by atoms with E-state index in [1.165, 1.54) is 0 Å². The van der Waals surface area contributed by atoms with Gasteiger partial charge in [-0.1, -0.05) is 29.8 Å². The van der Waals surface area contributed by atoms with E-state index in [1.807, 2.05) is 31.2 Å². The van der Waals surface area contributed by atoms with E-state index >= 15 is 0 Å². The molecule has 0 aliphatic carbocycles. The lowest BCUT2D eigenvalue weighted by Crippen LogP contribution is -2.17. The summed E-state index contributed by atoms with van der Waals surface area (Å²) < 4.78 is 1.73. The predicted octanol–water partition coefficient (Wildman–Crippen LogP) is 1.80. The van der Waals surface area contributed by atoms with Gasteiger partial charge < -0.3 is 4.40 Å². The minimum atomic E-state index is -0.359. The number of rotatable bonds is 3. The molecule has 2 heterocycles. The molecule has 1 N–H and O–H groups in total. The Hall–Kier alpha value is -3.02. The predicted molar refractivity (Wildman–Crippen MR) is 79.2 cm³/mol. The summed E-state index contributed by atoms with van der Waals surface area (Å²) in [5.41, 5.74) is 5.44. The number of benzene rings is 1. The van der Waals surface area contributed by atoms with Crippen LogP contribution in [-0.2, 0) is 0 Å². The van der Waals surface area contributed by atoms with Crippen molar-refractivity contribution in [1.29, 1.82) is 0 Å². The molecule has 0 saturated carbocycles. The Morgan fingerprint density at radius 3 is 3.14 bits per heavy atom. The first-order valence-electron chi connectivity index (χ1n) is 6.41. The largest absolute Gasteiger partial charge is 0.303 e. The molecule has 0 fully saturated rings. The third-order valence-corrected chi connectivity index (χ3v) is 2.92. The number of imidazole rings is 1. The van der Waals surface area contributed by atoms with Crippen molar-refractivity contribution in [2.24, 2.45) is 5.10 Å². The standard InChI is InChI=1S/C15H13N5O/c1-11-3-2-4-12(7-11)8-17-19-15(21)13-10-20-6-5-16-9-14(20)18-13/h2-10H,1H3,(H,19,21)/b17-8-. The van der Waals surface area contributed by atoms with Crippen LogP contribution in [0.25, 0.3) is 5.65 Å². The van der Waals surface area contributed by atoms with Crippen molar-refractivity contribution in [3.8, 4) is 0 Å². The zero-order chi connectivity index (χ0) is 14.7. The van der Waals surface area contributed by atoms with Gasteiger partial charge in [0.1, 0.15) is 5.69 Å². The summed E-state index contributed by atoms with van der Waals surface area (Å²) in [5, 5.41) is 3.94. The quantitative estimate of drug-likeness (QED) is 0.587. The van der Waals surface area contributed by atoms with Gasteiger partial charge in [0.05, 0.1) is 12.4 Å². The van der Waals surface area contributed by atoms with Gasteiger partial charge in [-0.3, -0.25) is 9.78 Å². The Labute approximate surface area is 121 Å². The molecule has 0 aliphatic rings. The summed E-state index contributed by atoms with van der Waals surface area (Å²) in [7, 11) is 0. The van der Waals surface area contributed by atoms with Crippen LogP contribution in [0.1, 0.15) is 21.6 Å². The molecule has 1 aromatic carbocycles. The fourth-order valence-electron chi connectivity index (χ4n) is 1.93. The highest BCUT2D eigenvalue weighted by molar-refractivity contribution is 5.93. The molecule has 104 valence electrons. The van der Waals surface area contributed by atoms with Gasteiger partial charge in [0.15, 0.2) is 5.65 Å². The molecule has 1 amide bonds. The monoisotopic (exact) mass is 279 g/mol. The van der Waals surface area contributed by atoms with Crippen LogP contribution in [0.2, 0.25) is 0 Å². The Kier molecular flexibility index (Phi) is 3.42. The Morgan fingerprint density at radius 2 is 2.33 bits per heavy atom. The van der Waals surface area contributed by atoms with Crippen molar-refractivity contribution in [2.75, 3.05) is 0 Å². The van der Waals surface area contributed by atoms with Crippen LogP contribution in [0.5, 0.6) is 0 Å². The summed E-state index contributed by atoms with van der Waals surface area (Å²) >= 11 is 0. The maximum Gasteiger partial charge on any atom is 0.291 e. The molecule has 0 spiro atoms. The third-order valence-electron chi connectivity index (χ3n) is 2.92. The van der Waals surface area contributed by atoms with Crippen molar-refractivity contribution >= 4 is 17.8 Å². The van der Waals surface area contributed by atoms with Gasteiger partial charge in [-0.05, 0) is 12.5 Å². The van der Waals surface area contributed by atoms with Crippen LogP contribution in [0.3, 0.4) is 0 Å². The van der Waals surface area contributed by atoms with E-state index in [4.69, 9.17) is 0 Å². The fraction of sp³-hybridized carbons (Fsp3) is 0.0667. The minimum Gasteiger partial charge on any atom is -0.303 e. The smallest absolute Gasteiger partial charge is 0.291 e. The fourth-order valence-corrected chi connectivity index (χ4v) is 1.93. The van der Waals surface area contributed by atoms with Crippen molar-refractivity contribution < 1.29 is 4.79 Å². The van der Waals surface area contributed by atoms with E-state index < -0.39 is 0 Å². The molecule has 0 radical (unpaired) electrons. The average Bonchev–Trinajstić information content (AvgIpc) is 2.91. The van der Waals surface area contributed by atoms with Crippen LogP contribution in [0.15, 0.2) is 54.2 Å². The molecule has 0 aliphatic heterocycles. The normalized spacial score (nSPS) is 11.1. The first-order chi connectivity index (χ1) is 10.2. The molecular formula is C15H13N5O. The molecule has 6 heteroatoms. The topological polar surface area (TPSA) is 71.7 Å². The number of hydrogen-bond donors (Lipinski definition) is 1. The summed E-state index contributed by atoms with van der Waals surface area (Å²) in [4.78, 5) is 20.1. The summed E-state index contributed by atoms with van der Waals surface area (Å²) in [6, 6.07) is 7.83. The zero-order valence-corrected chi connectivity index (χ0v) is 11.4. The first kappa shape index (κ1) is 13.0. The number of carbonyl (C=O) groups is 1. The lowest BCUT2D eigenvalue weighted by Gasteiger charge is -1.96. The summed E-state index contributed by atoms with van der Waals surface area (Å²) in [5.74, 6) is -0.359. The molecule has 3 aromatic rings. The van der Waals surface area contributed by atoms with Gasteiger partial charge >= 0.3 is 0 Å². The molecule has 6 nitrogen and oxygen atoms in total.